The Kier molecular flexibility index (Phi) is 6.12. The third-order valence-corrected chi connectivity index (χ3v) is 5.22. The van der Waals surface area contributed by atoms with Gasteiger partial charge < -0.3 is 19.7 Å². The summed E-state index contributed by atoms with van der Waals surface area (Å²) in [6.07, 6.45) is 3.30. The molecular formula is C23H27N3O3. The van der Waals surface area contributed by atoms with Crippen molar-refractivity contribution in [1.29, 1.82) is 0 Å². The molecule has 1 fully saturated rings. The normalized spacial score (nSPS) is 17.4. The van der Waals surface area contributed by atoms with Crippen LogP contribution in [0.5, 0.6) is 11.5 Å². The number of benzene rings is 2. The van der Waals surface area contributed by atoms with E-state index >= 15 is 0 Å². The Morgan fingerprint density at radius 2 is 1.72 bits per heavy atom. The zero-order chi connectivity index (χ0) is 20.1. The molecule has 2 aliphatic rings. The predicted octanol–water partition coefficient (Wildman–Crippen LogP) is 2.86. The van der Waals surface area contributed by atoms with Gasteiger partial charge >= 0.3 is 0 Å². The van der Waals surface area contributed by atoms with Crippen molar-refractivity contribution in [2.24, 2.45) is 0 Å². The summed E-state index contributed by atoms with van der Waals surface area (Å²) in [6.45, 7) is 6.49. The summed E-state index contributed by atoms with van der Waals surface area (Å²) in [7, 11) is 2.16. The third-order valence-electron chi connectivity index (χ3n) is 5.22. The first kappa shape index (κ1) is 19.5. The highest BCUT2D eigenvalue weighted by Crippen LogP contribution is 2.31. The first-order valence-corrected chi connectivity index (χ1v) is 10.0. The van der Waals surface area contributed by atoms with Crippen LogP contribution in [0.2, 0.25) is 0 Å². The molecule has 2 aromatic carbocycles. The molecule has 1 saturated heterocycles. The fraction of sp³-hybridized carbons (Fsp3) is 0.348. The highest BCUT2D eigenvalue weighted by molar-refractivity contribution is 6.01. The second kappa shape index (κ2) is 9.11. The van der Waals surface area contributed by atoms with Crippen molar-refractivity contribution in [3.8, 4) is 11.5 Å². The Morgan fingerprint density at radius 3 is 2.48 bits per heavy atom. The van der Waals surface area contributed by atoms with Crippen molar-refractivity contribution < 1.29 is 14.3 Å². The monoisotopic (exact) mass is 393 g/mol. The van der Waals surface area contributed by atoms with Crippen LogP contribution in [0, 0.1) is 0 Å². The average Bonchev–Trinajstić information content (AvgIpc) is 2.75. The van der Waals surface area contributed by atoms with Crippen LogP contribution < -0.4 is 14.8 Å². The maximum Gasteiger partial charge on any atom is 0.248 e. The topological polar surface area (TPSA) is 54.0 Å². The quantitative estimate of drug-likeness (QED) is 0.792. The summed E-state index contributed by atoms with van der Waals surface area (Å²) in [5.74, 6) is 1.30. The summed E-state index contributed by atoms with van der Waals surface area (Å²) in [6, 6.07) is 13.7. The molecule has 0 aliphatic carbocycles. The van der Waals surface area contributed by atoms with Crippen molar-refractivity contribution in [2.75, 3.05) is 51.8 Å². The Labute approximate surface area is 171 Å². The van der Waals surface area contributed by atoms with E-state index in [4.69, 9.17) is 9.47 Å². The van der Waals surface area contributed by atoms with E-state index in [0.29, 0.717) is 13.2 Å². The van der Waals surface area contributed by atoms with Crippen molar-refractivity contribution >= 4 is 17.7 Å². The van der Waals surface area contributed by atoms with Crippen LogP contribution >= 0.6 is 0 Å². The lowest BCUT2D eigenvalue weighted by molar-refractivity contribution is -0.111. The molecule has 29 heavy (non-hydrogen) atoms. The fourth-order valence-electron chi connectivity index (χ4n) is 3.48. The molecule has 6 heteroatoms. The number of amides is 1. The van der Waals surface area contributed by atoms with Crippen LogP contribution in [0.15, 0.2) is 48.5 Å². The molecule has 0 aromatic heterocycles. The highest BCUT2D eigenvalue weighted by Gasteiger charge is 2.14. The van der Waals surface area contributed by atoms with E-state index in [1.54, 1.807) is 6.08 Å². The van der Waals surface area contributed by atoms with Gasteiger partial charge in [0.2, 0.25) is 5.91 Å². The van der Waals surface area contributed by atoms with E-state index in [1.807, 2.05) is 30.3 Å². The molecule has 152 valence electrons. The van der Waals surface area contributed by atoms with E-state index in [9.17, 15) is 4.79 Å². The molecule has 0 atom stereocenters. The first-order chi connectivity index (χ1) is 14.2. The summed E-state index contributed by atoms with van der Waals surface area (Å²) < 4.78 is 11.1. The fourth-order valence-corrected chi connectivity index (χ4v) is 3.48. The van der Waals surface area contributed by atoms with Gasteiger partial charge in [0.1, 0.15) is 13.2 Å². The number of carbonyl (C=O) groups excluding carboxylic acids is 1. The third kappa shape index (κ3) is 5.37. The lowest BCUT2D eigenvalue weighted by Crippen LogP contribution is -2.43. The molecule has 1 N–H and O–H groups in total. The molecule has 1 amide bonds. The van der Waals surface area contributed by atoms with Gasteiger partial charge in [-0.05, 0) is 48.5 Å². The number of rotatable bonds is 5. The van der Waals surface area contributed by atoms with Crippen molar-refractivity contribution in [1.82, 2.24) is 9.80 Å². The Hall–Kier alpha value is -2.83. The molecule has 6 nitrogen and oxygen atoms in total. The van der Waals surface area contributed by atoms with Gasteiger partial charge in [-0.15, -0.1) is 0 Å². The number of likely N-dealkylation sites (N-methyl/N-ethyl adjacent to an activating group) is 1. The smallest absolute Gasteiger partial charge is 0.248 e. The minimum atomic E-state index is -0.160. The van der Waals surface area contributed by atoms with E-state index in [2.05, 4.69) is 34.3 Å². The predicted molar refractivity (Wildman–Crippen MR) is 114 cm³/mol. The van der Waals surface area contributed by atoms with E-state index in [0.717, 1.165) is 55.5 Å². The van der Waals surface area contributed by atoms with Crippen molar-refractivity contribution in [3.05, 3.63) is 59.7 Å². The number of fused-ring (bicyclic) bond motifs is 1. The van der Waals surface area contributed by atoms with Gasteiger partial charge in [0.05, 0.1) is 0 Å². The number of hydrogen-bond acceptors (Lipinski definition) is 5. The SMILES string of the molecule is CN1CCN(Cc2ccc(NC(=O)/C=C\c3ccc4c(c3)OCCO4)cc2)CC1. The molecule has 0 radical (unpaired) electrons. The standard InChI is InChI=1S/C23H27N3O3/c1-25-10-12-26(13-11-25)17-19-2-6-20(7-3-19)24-23(27)9-5-18-4-8-21-22(16-18)29-15-14-28-21/h2-9,16H,10-15,17H2,1H3,(H,24,27)/b9-5-. The van der Waals surface area contributed by atoms with Crippen LogP contribution in [-0.2, 0) is 11.3 Å². The molecule has 4 rings (SSSR count). The Bertz CT molecular complexity index is 871. The molecule has 0 spiro atoms. The molecule has 0 saturated carbocycles. The van der Waals surface area contributed by atoms with Gasteiger partial charge in [-0.3, -0.25) is 9.69 Å². The average molecular weight is 393 g/mol. The molecule has 2 aromatic rings. The number of piperazine rings is 1. The molecular weight excluding hydrogens is 366 g/mol. The first-order valence-electron chi connectivity index (χ1n) is 10.0. The number of nitrogens with zero attached hydrogens (tertiary/aromatic N) is 2. The second-order valence-electron chi connectivity index (χ2n) is 7.50. The van der Waals surface area contributed by atoms with Crippen LogP contribution in [0.3, 0.4) is 0 Å². The van der Waals surface area contributed by atoms with Crippen LogP contribution in [-0.4, -0.2) is 62.1 Å². The largest absolute Gasteiger partial charge is 0.486 e. The van der Waals surface area contributed by atoms with Gasteiger partial charge in [-0.2, -0.15) is 0 Å². The number of hydrogen-bond donors (Lipinski definition) is 1. The van der Waals surface area contributed by atoms with Gasteiger partial charge in [0.15, 0.2) is 11.5 Å². The molecule has 0 bridgehead atoms. The maximum absolute atomic E-state index is 12.2. The van der Waals surface area contributed by atoms with Gasteiger partial charge in [0.25, 0.3) is 0 Å². The Balaban J connectivity index is 1.29. The minimum absolute atomic E-state index is 0.160. The van der Waals surface area contributed by atoms with Gasteiger partial charge in [0, 0.05) is 44.5 Å². The van der Waals surface area contributed by atoms with Crippen LogP contribution in [0.4, 0.5) is 5.69 Å². The summed E-state index contributed by atoms with van der Waals surface area (Å²) in [4.78, 5) is 17.1. The van der Waals surface area contributed by atoms with E-state index in [-0.39, 0.29) is 5.91 Å². The van der Waals surface area contributed by atoms with Gasteiger partial charge in [-0.25, -0.2) is 0 Å². The maximum atomic E-state index is 12.2. The molecule has 2 aliphatic heterocycles. The summed E-state index contributed by atoms with van der Waals surface area (Å²) >= 11 is 0. The van der Waals surface area contributed by atoms with Crippen molar-refractivity contribution in [3.63, 3.8) is 0 Å². The van der Waals surface area contributed by atoms with Gasteiger partial charge in [-0.1, -0.05) is 18.2 Å². The molecule has 2 heterocycles. The van der Waals surface area contributed by atoms with Crippen LogP contribution in [0.25, 0.3) is 6.08 Å². The number of nitrogens with one attached hydrogen (secondary N) is 1. The van der Waals surface area contributed by atoms with Crippen molar-refractivity contribution in [2.45, 2.75) is 6.54 Å². The second-order valence-corrected chi connectivity index (χ2v) is 7.50. The van der Waals surface area contributed by atoms with E-state index in [1.165, 1.54) is 11.6 Å². The summed E-state index contributed by atoms with van der Waals surface area (Å²) in [5.41, 5.74) is 2.95. The summed E-state index contributed by atoms with van der Waals surface area (Å²) in [5, 5.41) is 2.91. The number of anilines is 1. The zero-order valence-corrected chi connectivity index (χ0v) is 16.8. The lowest BCUT2D eigenvalue weighted by atomic mass is 10.1. The molecule has 0 unspecified atom stereocenters. The zero-order valence-electron chi connectivity index (χ0n) is 16.8. The number of carbonyl (C=O) groups is 1. The highest BCUT2D eigenvalue weighted by atomic mass is 16.6. The van der Waals surface area contributed by atoms with Crippen LogP contribution in [0.1, 0.15) is 11.1 Å². The minimum Gasteiger partial charge on any atom is -0.486 e. The number of ether oxygens (including phenoxy) is 2. The van der Waals surface area contributed by atoms with E-state index < -0.39 is 0 Å². The lowest BCUT2D eigenvalue weighted by Gasteiger charge is -2.32. The Morgan fingerprint density at radius 1 is 1.00 bits per heavy atom.